The highest BCUT2D eigenvalue weighted by Crippen LogP contribution is 2.35. The van der Waals surface area contributed by atoms with Crippen molar-refractivity contribution >= 4 is 22.1 Å². The van der Waals surface area contributed by atoms with Crippen LogP contribution in [0.1, 0.15) is 25.0 Å². The van der Waals surface area contributed by atoms with Crippen LogP contribution in [-0.2, 0) is 0 Å². The molecule has 4 aromatic rings. The highest BCUT2D eigenvalue weighted by atomic mass is 14.9. The van der Waals surface area contributed by atoms with Crippen molar-refractivity contribution in [2.45, 2.75) is 27.7 Å². The van der Waals surface area contributed by atoms with Gasteiger partial charge in [0.2, 0.25) is 0 Å². The molecule has 27 heavy (non-hydrogen) atoms. The minimum Gasteiger partial charge on any atom is -0.356 e. The molecule has 0 aliphatic heterocycles. The number of hydrogen-bond acceptors (Lipinski definition) is 1. The number of anilines is 2. The van der Waals surface area contributed by atoms with Gasteiger partial charge in [-0.25, -0.2) is 0 Å². The number of benzene rings is 4. The molecule has 0 aliphatic carbocycles. The molecule has 1 nitrogen and oxygen atoms in total. The van der Waals surface area contributed by atoms with Crippen molar-refractivity contribution < 1.29 is 0 Å². The predicted octanol–water partition coefficient (Wildman–Crippen LogP) is 7.89. The molecule has 0 amide bonds. The lowest BCUT2D eigenvalue weighted by atomic mass is 9.91. The van der Waals surface area contributed by atoms with Crippen LogP contribution in [0.2, 0.25) is 0 Å². The first kappa shape index (κ1) is 18.7. The Balaban J connectivity index is 0.00000102. The van der Waals surface area contributed by atoms with Crippen molar-refractivity contribution in [3.8, 4) is 11.1 Å². The monoisotopic (exact) mass is 353 g/mol. The number of hydrogen-bond donors (Lipinski definition) is 1. The highest BCUT2D eigenvalue weighted by Gasteiger charge is 2.10. The van der Waals surface area contributed by atoms with Gasteiger partial charge in [0.05, 0.1) is 0 Å². The summed E-state index contributed by atoms with van der Waals surface area (Å²) in [4.78, 5) is 0. The second kappa shape index (κ2) is 8.55. The Bertz CT molecular complexity index is 1030. The Morgan fingerprint density at radius 1 is 0.593 bits per heavy atom. The van der Waals surface area contributed by atoms with E-state index in [2.05, 4.69) is 85.9 Å². The summed E-state index contributed by atoms with van der Waals surface area (Å²) >= 11 is 0. The van der Waals surface area contributed by atoms with Gasteiger partial charge in [0.15, 0.2) is 0 Å². The zero-order valence-electron chi connectivity index (χ0n) is 16.6. The molecule has 0 bridgehead atoms. The lowest BCUT2D eigenvalue weighted by Crippen LogP contribution is -1.94. The van der Waals surface area contributed by atoms with E-state index >= 15 is 0 Å². The van der Waals surface area contributed by atoms with E-state index < -0.39 is 0 Å². The maximum atomic E-state index is 3.51. The summed E-state index contributed by atoms with van der Waals surface area (Å²) < 4.78 is 0. The molecule has 0 spiro atoms. The molecule has 0 radical (unpaired) electrons. The fourth-order valence-corrected chi connectivity index (χ4v) is 3.40. The Morgan fingerprint density at radius 3 is 2.04 bits per heavy atom. The van der Waals surface area contributed by atoms with Crippen LogP contribution in [-0.4, -0.2) is 0 Å². The van der Waals surface area contributed by atoms with E-state index in [1.165, 1.54) is 33.0 Å². The van der Waals surface area contributed by atoms with Crippen molar-refractivity contribution in [2.75, 3.05) is 5.32 Å². The van der Waals surface area contributed by atoms with Gasteiger partial charge in [-0.2, -0.15) is 0 Å². The Morgan fingerprint density at radius 2 is 1.26 bits per heavy atom. The molecule has 4 aromatic carbocycles. The van der Waals surface area contributed by atoms with Gasteiger partial charge in [-0.05, 0) is 71.1 Å². The first-order chi connectivity index (χ1) is 13.2. The summed E-state index contributed by atoms with van der Waals surface area (Å²) in [5, 5.41) is 6.10. The Hall–Kier alpha value is -3.06. The van der Waals surface area contributed by atoms with Crippen LogP contribution < -0.4 is 5.32 Å². The predicted molar refractivity (Wildman–Crippen MR) is 120 cm³/mol. The second-order valence-corrected chi connectivity index (χ2v) is 6.50. The molecule has 136 valence electrons. The number of para-hydroxylation sites is 1. The lowest BCUT2D eigenvalue weighted by Gasteiger charge is -2.15. The van der Waals surface area contributed by atoms with Crippen LogP contribution in [0.3, 0.4) is 0 Å². The van der Waals surface area contributed by atoms with E-state index in [0.717, 1.165) is 11.4 Å². The number of rotatable bonds is 3. The van der Waals surface area contributed by atoms with E-state index in [9.17, 15) is 0 Å². The van der Waals surface area contributed by atoms with E-state index in [-0.39, 0.29) is 0 Å². The maximum Gasteiger partial charge on any atom is 0.0390 e. The van der Waals surface area contributed by atoms with Crippen LogP contribution in [0.15, 0.2) is 84.9 Å². The summed E-state index contributed by atoms with van der Waals surface area (Å²) in [5.74, 6) is 0. The standard InChI is InChI=1S/C24H21N.C2H6/c1-17-13-15-21(25-20-9-4-3-5-10-20)16-23(17)24-18(2)12-14-19-8-6-7-11-22(19)24;1-2/h3-16,25H,1-2H3;1-2H3. The number of aryl methyl sites for hydroxylation is 2. The molecule has 0 saturated heterocycles. The minimum atomic E-state index is 1.10. The second-order valence-electron chi connectivity index (χ2n) is 6.50. The molecule has 4 rings (SSSR count). The first-order valence-corrected chi connectivity index (χ1v) is 9.64. The molecule has 0 fully saturated rings. The topological polar surface area (TPSA) is 12.0 Å². The SMILES string of the molecule is CC.Cc1ccc(Nc2ccccc2)cc1-c1c(C)ccc2ccccc12. The van der Waals surface area contributed by atoms with Crippen LogP contribution >= 0.6 is 0 Å². The summed E-state index contributed by atoms with van der Waals surface area (Å²) in [6.45, 7) is 8.38. The van der Waals surface area contributed by atoms with Crippen molar-refractivity contribution in [1.29, 1.82) is 0 Å². The summed E-state index contributed by atoms with van der Waals surface area (Å²) in [7, 11) is 0. The summed E-state index contributed by atoms with van der Waals surface area (Å²) in [6.07, 6.45) is 0. The van der Waals surface area contributed by atoms with Crippen LogP contribution in [0, 0.1) is 13.8 Å². The summed E-state index contributed by atoms with van der Waals surface area (Å²) in [6, 6.07) is 29.9. The third-order valence-corrected chi connectivity index (χ3v) is 4.71. The van der Waals surface area contributed by atoms with Crippen molar-refractivity contribution in [3.05, 3.63) is 96.1 Å². The van der Waals surface area contributed by atoms with Gasteiger partial charge in [0, 0.05) is 11.4 Å². The molecule has 0 unspecified atom stereocenters. The molecule has 0 aliphatic rings. The highest BCUT2D eigenvalue weighted by molar-refractivity contribution is 5.99. The molecular formula is C26H27N. The molecule has 0 aromatic heterocycles. The third-order valence-electron chi connectivity index (χ3n) is 4.71. The van der Waals surface area contributed by atoms with E-state index in [0.29, 0.717) is 0 Å². The third kappa shape index (κ3) is 4.03. The smallest absolute Gasteiger partial charge is 0.0390 e. The van der Waals surface area contributed by atoms with Crippen molar-refractivity contribution in [2.24, 2.45) is 0 Å². The van der Waals surface area contributed by atoms with E-state index in [4.69, 9.17) is 0 Å². The largest absolute Gasteiger partial charge is 0.356 e. The Labute approximate surface area is 162 Å². The van der Waals surface area contributed by atoms with Gasteiger partial charge in [-0.3, -0.25) is 0 Å². The van der Waals surface area contributed by atoms with Gasteiger partial charge < -0.3 is 5.32 Å². The minimum absolute atomic E-state index is 1.10. The average Bonchev–Trinajstić information content (AvgIpc) is 2.72. The van der Waals surface area contributed by atoms with E-state index in [1.54, 1.807) is 0 Å². The van der Waals surface area contributed by atoms with Gasteiger partial charge in [0.1, 0.15) is 0 Å². The average molecular weight is 354 g/mol. The van der Waals surface area contributed by atoms with Crippen LogP contribution in [0.25, 0.3) is 21.9 Å². The van der Waals surface area contributed by atoms with Crippen LogP contribution in [0.5, 0.6) is 0 Å². The molecule has 1 N–H and O–H groups in total. The molecule has 1 heteroatoms. The normalized spacial score (nSPS) is 10.2. The van der Waals surface area contributed by atoms with Crippen molar-refractivity contribution in [1.82, 2.24) is 0 Å². The number of nitrogens with one attached hydrogen (secondary N) is 1. The van der Waals surface area contributed by atoms with Crippen molar-refractivity contribution in [3.63, 3.8) is 0 Å². The maximum absolute atomic E-state index is 3.51. The number of fused-ring (bicyclic) bond motifs is 1. The Kier molecular flexibility index (Phi) is 5.93. The van der Waals surface area contributed by atoms with Gasteiger partial charge in [0.25, 0.3) is 0 Å². The molecule has 0 heterocycles. The molecular weight excluding hydrogens is 326 g/mol. The fraction of sp³-hybridized carbons (Fsp3) is 0.154. The van der Waals surface area contributed by atoms with Gasteiger partial charge in [-0.1, -0.05) is 74.5 Å². The molecule has 0 atom stereocenters. The lowest BCUT2D eigenvalue weighted by molar-refractivity contribution is 1.42. The fourth-order valence-electron chi connectivity index (χ4n) is 3.40. The quantitative estimate of drug-likeness (QED) is 0.395. The van der Waals surface area contributed by atoms with E-state index in [1.807, 2.05) is 32.0 Å². The summed E-state index contributed by atoms with van der Waals surface area (Å²) in [5.41, 5.74) is 7.42. The van der Waals surface area contributed by atoms with Gasteiger partial charge >= 0.3 is 0 Å². The van der Waals surface area contributed by atoms with Crippen LogP contribution in [0.4, 0.5) is 11.4 Å². The first-order valence-electron chi connectivity index (χ1n) is 9.64. The van der Waals surface area contributed by atoms with Gasteiger partial charge in [-0.15, -0.1) is 0 Å². The zero-order valence-corrected chi connectivity index (χ0v) is 16.6. The molecule has 0 saturated carbocycles. The zero-order chi connectivity index (χ0) is 19.2.